The van der Waals surface area contributed by atoms with Crippen molar-refractivity contribution in [3.05, 3.63) is 34.9 Å². The van der Waals surface area contributed by atoms with Gasteiger partial charge >= 0.3 is 11.9 Å². The van der Waals surface area contributed by atoms with E-state index in [1.54, 1.807) is 6.92 Å². The van der Waals surface area contributed by atoms with E-state index in [-0.39, 0.29) is 46.6 Å². The Morgan fingerprint density at radius 1 is 1.27 bits per heavy atom. The van der Waals surface area contributed by atoms with Crippen molar-refractivity contribution in [2.24, 2.45) is 23.7 Å². The molecule has 5 unspecified atom stereocenters. The highest BCUT2D eigenvalue weighted by Gasteiger charge is 2.45. The minimum absolute atomic E-state index is 0.0321. The van der Waals surface area contributed by atoms with E-state index in [9.17, 15) is 14.4 Å². The van der Waals surface area contributed by atoms with Gasteiger partial charge in [-0.2, -0.15) is 0 Å². The zero-order valence-corrected chi connectivity index (χ0v) is 21.2. The Morgan fingerprint density at radius 2 is 2.03 bits per heavy atom. The molecule has 0 aromatic carbocycles. The highest BCUT2D eigenvalue weighted by atomic mass is 35.5. The summed E-state index contributed by atoms with van der Waals surface area (Å²) in [5.41, 5.74) is 1.21. The lowest BCUT2D eigenvalue weighted by molar-refractivity contribution is -0.147. The van der Waals surface area contributed by atoms with Crippen LogP contribution in [0.5, 0.6) is 0 Å². The summed E-state index contributed by atoms with van der Waals surface area (Å²) in [5.74, 6) is 0.230. The molecule has 1 saturated carbocycles. The summed E-state index contributed by atoms with van der Waals surface area (Å²) >= 11 is 6.47. The number of allylic oxidation sites excluding steroid dienone is 5. The van der Waals surface area contributed by atoms with Gasteiger partial charge in [-0.3, -0.25) is 14.4 Å². The van der Waals surface area contributed by atoms with Gasteiger partial charge < -0.3 is 9.47 Å². The largest absolute Gasteiger partial charge is 0.466 e. The molecule has 0 amide bonds. The Hall–Kier alpha value is -1.88. The van der Waals surface area contributed by atoms with Crippen molar-refractivity contribution < 1.29 is 23.9 Å². The van der Waals surface area contributed by atoms with Crippen LogP contribution in [-0.4, -0.2) is 30.4 Å². The highest BCUT2D eigenvalue weighted by Crippen LogP contribution is 2.49. The van der Waals surface area contributed by atoms with Crippen molar-refractivity contribution in [2.75, 3.05) is 6.61 Å². The third kappa shape index (κ3) is 8.77. The van der Waals surface area contributed by atoms with Crippen LogP contribution in [0.3, 0.4) is 0 Å². The quantitative estimate of drug-likeness (QED) is 0.229. The molecule has 2 rings (SSSR count). The van der Waals surface area contributed by atoms with Gasteiger partial charge in [0, 0.05) is 25.7 Å². The average Bonchev–Trinajstić information content (AvgIpc) is 3.27. The van der Waals surface area contributed by atoms with E-state index in [0.717, 1.165) is 32.1 Å². The molecule has 0 aromatic heterocycles. The number of carbonyl (C=O) groups is 3. The number of hydrogen-bond donors (Lipinski definition) is 0. The average molecular weight is 479 g/mol. The molecule has 33 heavy (non-hydrogen) atoms. The number of halogens is 1. The maximum absolute atomic E-state index is 12.7. The number of ether oxygens (including phenoxy) is 2. The minimum atomic E-state index is -0.308. The molecule has 2 aliphatic rings. The first-order valence-corrected chi connectivity index (χ1v) is 12.7. The summed E-state index contributed by atoms with van der Waals surface area (Å²) in [6.07, 6.45) is 14.2. The minimum Gasteiger partial charge on any atom is -0.466 e. The number of Topliss-reactive ketones (excluding diaryl/α,β-unsaturated/α-hetero) is 1. The molecule has 6 heteroatoms. The highest BCUT2D eigenvalue weighted by molar-refractivity contribution is 6.42. The molecule has 0 spiro atoms. The van der Waals surface area contributed by atoms with Crippen molar-refractivity contribution in [3.63, 3.8) is 0 Å². The molecule has 0 N–H and O–H groups in total. The van der Waals surface area contributed by atoms with Gasteiger partial charge in [0.05, 0.1) is 11.6 Å². The maximum Gasteiger partial charge on any atom is 0.306 e. The first-order chi connectivity index (χ1) is 15.7. The fourth-order valence-corrected chi connectivity index (χ4v) is 5.17. The second kappa shape index (κ2) is 13.7. The van der Waals surface area contributed by atoms with E-state index in [2.05, 4.69) is 26.0 Å². The van der Waals surface area contributed by atoms with E-state index < -0.39 is 0 Å². The normalized spacial score (nSPS) is 25.6. The summed E-state index contributed by atoms with van der Waals surface area (Å²) in [6.45, 7) is 7.86. The smallest absolute Gasteiger partial charge is 0.306 e. The molecule has 1 fully saturated rings. The number of fused-ring (bicyclic) bond motifs is 1. The molecular formula is C27H39ClO5. The lowest BCUT2D eigenvalue weighted by Crippen LogP contribution is -2.23. The molecule has 0 aromatic rings. The first kappa shape index (κ1) is 27.4. The Labute approximate surface area is 203 Å². The number of esters is 2. The van der Waals surface area contributed by atoms with Gasteiger partial charge in [0.25, 0.3) is 0 Å². The molecule has 0 bridgehead atoms. The standard InChI is InChI=1S/C27H39ClO5/c1-5-7-10-18(3)13-25(30)24(28)17-23-22-15-20(11-8-9-12-27(31)32-6-2)14-21(22)16-26(23)33-19(4)29/h8,11,14,17-18,21-23,26H,5-7,9-10,12-13,15-16H2,1-4H3. The van der Waals surface area contributed by atoms with Gasteiger partial charge in [-0.1, -0.05) is 74.6 Å². The van der Waals surface area contributed by atoms with E-state index in [4.69, 9.17) is 21.1 Å². The van der Waals surface area contributed by atoms with Crippen LogP contribution >= 0.6 is 11.6 Å². The van der Waals surface area contributed by atoms with Gasteiger partial charge in [-0.15, -0.1) is 0 Å². The summed E-state index contributed by atoms with van der Waals surface area (Å²) in [6, 6.07) is 0. The van der Waals surface area contributed by atoms with Crippen LogP contribution in [0.4, 0.5) is 0 Å². The zero-order valence-electron chi connectivity index (χ0n) is 20.5. The molecule has 184 valence electrons. The molecule has 0 saturated heterocycles. The molecule has 5 nitrogen and oxygen atoms in total. The van der Waals surface area contributed by atoms with Crippen molar-refractivity contribution in [1.82, 2.24) is 0 Å². The number of carbonyl (C=O) groups excluding carboxylic acids is 3. The molecule has 5 atom stereocenters. The summed E-state index contributed by atoms with van der Waals surface area (Å²) < 4.78 is 10.6. The third-order valence-corrected chi connectivity index (χ3v) is 6.87. The lowest BCUT2D eigenvalue weighted by atomic mass is 9.88. The molecule has 0 heterocycles. The van der Waals surface area contributed by atoms with Gasteiger partial charge in [-0.05, 0) is 43.9 Å². The van der Waals surface area contributed by atoms with Gasteiger partial charge in [0.15, 0.2) is 5.78 Å². The van der Waals surface area contributed by atoms with Crippen molar-refractivity contribution in [2.45, 2.75) is 85.2 Å². The zero-order chi connectivity index (χ0) is 24.4. The van der Waals surface area contributed by atoms with Crippen LogP contribution in [0.1, 0.15) is 79.1 Å². The van der Waals surface area contributed by atoms with Crippen molar-refractivity contribution in [3.8, 4) is 0 Å². The monoisotopic (exact) mass is 478 g/mol. The van der Waals surface area contributed by atoms with Crippen LogP contribution in [-0.2, 0) is 23.9 Å². The lowest BCUT2D eigenvalue weighted by Gasteiger charge is -2.21. The van der Waals surface area contributed by atoms with Crippen LogP contribution in [0.25, 0.3) is 0 Å². The first-order valence-electron chi connectivity index (χ1n) is 12.4. The van der Waals surface area contributed by atoms with Gasteiger partial charge in [0.1, 0.15) is 6.10 Å². The van der Waals surface area contributed by atoms with Crippen molar-refractivity contribution in [1.29, 1.82) is 0 Å². The Morgan fingerprint density at radius 3 is 2.70 bits per heavy atom. The predicted octanol–water partition coefficient (Wildman–Crippen LogP) is 6.31. The molecule has 2 aliphatic carbocycles. The number of rotatable bonds is 13. The Kier molecular flexibility index (Phi) is 11.4. The van der Waals surface area contributed by atoms with E-state index >= 15 is 0 Å². The number of ketones is 1. The summed E-state index contributed by atoms with van der Waals surface area (Å²) in [5, 5.41) is 0.263. The fourth-order valence-electron chi connectivity index (χ4n) is 4.95. The fraction of sp³-hybridized carbons (Fsp3) is 0.667. The van der Waals surface area contributed by atoms with E-state index in [0.29, 0.717) is 31.8 Å². The second-order valence-corrected chi connectivity index (χ2v) is 9.78. The maximum atomic E-state index is 12.7. The number of hydrogen-bond acceptors (Lipinski definition) is 5. The van der Waals surface area contributed by atoms with Gasteiger partial charge in [0.2, 0.25) is 0 Å². The summed E-state index contributed by atoms with van der Waals surface area (Å²) in [4.78, 5) is 35.8. The second-order valence-electron chi connectivity index (χ2n) is 9.37. The number of unbranched alkanes of at least 4 members (excludes halogenated alkanes) is 1. The third-order valence-electron chi connectivity index (χ3n) is 6.54. The van der Waals surface area contributed by atoms with Crippen LogP contribution in [0.2, 0.25) is 0 Å². The van der Waals surface area contributed by atoms with Gasteiger partial charge in [-0.25, -0.2) is 0 Å². The van der Waals surface area contributed by atoms with Crippen LogP contribution in [0.15, 0.2) is 34.9 Å². The van der Waals surface area contributed by atoms with Crippen LogP contribution < -0.4 is 0 Å². The molecule has 0 radical (unpaired) electrons. The molecular weight excluding hydrogens is 440 g/mol. The summed E-state index contributed by atoms with van der Waals surface area (Å²) in [7, 11) is 0. The predicted molar refractivity (Wildman–Crippen MR) is 131 cm³/mol. The SMILES string of the molecule is CCCCC(C)CC(=O)C(Cl)=CC1C(OC(C)=O)CC2C=C(C=CCCC(=O)OCC)CC21. The Balaban J connectivity index is 2.03. The van der Waals surface area contributed by atoms with Crippen molar-refractivity contribution >= 4 is 29.3 Å². The molecule has 0 aliphatic heterocycles. The van der Waals surface area contributed by atoms with E-state index in [1.807, 2.05) is 12.2 Å². The Bertz CT molecular complexity index is 781. The van der Waals surface area contributed by atoms with E-state index in [1.165, 1.54) is 12.5 Å². The van der Waals surface area contributed by atoms with Crippen LogP contribution in [0, 0.1) is 23.7 Å². The topological polar surface area (TPSA) is 69.7 Å².